The molecule has 0 saturated carbocycles. The molecular formula is C22H25N3O3. The van der Waals surface area contributed by atoms with E-state index in [1.807, 2.05) is 60.8 Å². The van der Waals surface area contributed by atoms with Gasteiger partial charge < -0.3 is 19.9 Å². The summed E-state index contributed by atoms with van der Waals surface area (Å²) in [6, 6.07) is 16.8. The summed E-state index contributed by atoms with van der Waals surface area (Å²) in [5, 5.41) is 3.84. The van der Waals surface area contributed by atoms with Crippen molar-refractivity contribution in [2.45, 2.75) is 19.4 Å². The minimum Gasteiger partial charge on any atom is -0.492 e. The van der Waals surface area contributed by atoms with Crippen molar-refractivity contribution < 1.29 is 14.3 Å². The Morgan fingerprint density at radius 1 is 1.11 bits per heavy atom. The highest BCUT2D eigenvalue weighted by Gasteiger charge is 2.24. The Kier molecular flexibility index (Phi) is 6.32. The van der Waals surface area contributed by atoms with Gasteiger partial charge in [0.15, 0.2) is 0 Å². The van der Waals surface area contributed by atoms with Crippen molar-refractivity contribution in [1.82, 2.24) is 15.2 Å². The lowest BCUT2D eigenvalue weighted by atomic mass is 10.0. The summed E-state index contributed by atoms with van der Waals surface area (Å²) in [6.07, 6.45) is 2.32. The van der Waals surface area contributed by atoms with Crippen molar-refractivity contribution in [2.75, 3.05) is 20.2 Å². The van der Waals surface area contributed by atoms with E-state index in [1.54, 1.807) is 11.9 Å². The molecule has 3 rings (SSSR count). The fourth-order valence-electron chi connectivity index (χ4n) is 3.16. The number of hydrogen-bond acceptors (Lipinski definition) is 3. The number of fused-ring (bicyclic) bond motifs is 1. The highest BCUT2D eigenvalue weighted by Crippen LogP contribution is 2.19. The first-order chi connectivity index (χ1) is 13.5. The van der Waals surface area contributed by atoms with E-state index in [0.717, 1.165) is 22.2 Å². The number of aromatic amines is 1. The molecule has 1 unspecified atom stereocenters. The standard InChI is InChI=1S/C22H25N3O3/c1-16(26)24-21(14-17-15-23-20-11-7-6-10-19(17)20)22(27)25(2)12-13-28-18-8-4-3-5-9-18/h3-11,15,21,23H,12-14H2,1-2H3,(H,24,26). The maximum absolute atomic E-state index is 12.9. The Hall–Kier alpha value is -3.28. The molecule has 28 heavy (non-hydrogen) atoms. The zero-order valence-corrected chi connectivity index (χ0v) is 16.1. The fourth-order valence-corrected chi connectivity index (χ4v) is 3.16. The first-order valence-corrected chi connectivity index (χ1v) is 9.29. The minimum absolute atomic E-state index is 0.142. The normalized spacial score (nSPS) is 11.8. The lowest BCUT2D eigenvalue weighted by Gasteiger charge is -2.24. The lowest BCUT2D eigenvalue weighted by Crippen LogP contribution is -2.48. The Bertz CT molecular complexity index is 936. The van der Waals surface area contributed by atoms with Gasteiger partial charge in [-0.2, -0.15) is 0 Å². The van der Waals surface area contributed by atoms with Crippen molar-refractivity contribution in [3.63, 3.8) is 0 Å². The number of carbonyl (C=O) groups excluding carboxylic acids is 2. The van der Waals surface area contributed by atoms with Crippen molar-refractivity contribution in [3.05, 3.63) is 66.4 Å². The van der Waals surface area contributed by atoms with Crippen LogP contribution in [-0.2, 0) is 16.0 Å². The molecule has 0 saturated heterocycles. The largest absolute Gasteiger partial charge is 0.492 e. The molecule has 3 aromatic rings. The van der Waals surface area contributed by atoms with Gasteiger partial charge in [-0.3, -0.25) is 9.59 Å². The summed E-state index contributed by atoms with van der Waals surface area (Å²) >= 11 is 0. The molecule has 146 valence electrons. The van der Waals surface area contributed by atoms with Crippen LogP contribution in [0, 0.1) is 0 Å². The van der Waals surface area contributed by atoms with Crippen molar-refractivity contribution >= 4 is 22.7 Å². The summed E-state index contributed by atoms with van der Waals surface area (Å²) in [7, 11) is 1.72. The van der Waals surface area contributed by atoms with Gasteiger partial charge in [0.25, 0.3) is 0 Å². The Labute approximate surface area is 164 Å². The second-order valence-corrected chi connectivity index (χ2v) is 6.74. The number of nitrogens with zero attached hydrogens (tertiary/aromatic N) is 1. The van der Waals surface area contributed by atoms with Crippen LogP contribution in [0.4, 0.5) is 0 Å². The van der Waals surface area contributed by atoms with Crippen molar-refractivity contribution in [3.8, 4) is 5.75 Å². The minimum atomic E-state index is -0.626. The number of carbonyl (C=O) groups is 2. The topological polar surface area (TPSA) is 74.4 Å². The van der Waals surface area contributed by atoms with Crippen LogP contribution in [0.25, 0.3) is 10.9 Å². The van der Waals surface area contributed by atoms with E-state index >= 15 is 0 Å². The molecule has 1 atom stereocenters. The number of benzene rings is 2. The molecule has 0 spiro atoms. The predicted octanol–water partition coefficient (Wildman–Crippen LogP) is 2.75. The quantitative estimate of drug-likeness (QED) is 0.632. The van der Waals surface area contributed by atoms with Crippen LogP contribution in [0.5, 0.6) is 5.75 Å². The van der Waals surface area contributed by atoms with Gasteiger partial charge in [0.05, 0.1) is 6.54 Å². The third-order valence-electron chi connectivity index (χ3n) is 4.59. The van der Waals surface area contributed by atoms with Crippen LogP contribution >= 0.6 is 0 Å². The lowest BCUT2D eigenvalue weighted by molar-refractivity contribution is -0.135. The monoisotopic (exact) mass is 379 g/mol. The maximum Gasteiger partial charge on any atom is 0.245 e. The summed E-state index contributed by atoms with van der Waals surface area (Å²) in [4.78, 5) is 29.4. The number of para-hydroxylation sites is 2. The molecule has 0 fully saturated rings. The number of H-pyrrole nitrogens is 1. The molecule has 0 aliphatic heterocycles. The van der Waals surface area contributed by atoms with Crippen LogP contribution in [0.3, 0.4) is 0 Å². The van der Waals surface area contributed by atoms with Gasteiger partial charge in [-0.15, -0.1) is 0 Å². The molecular weight excluding hydrogens is 354 g/mol. The van der Waals surface area contributed by atoms with Crippen LogP contribution < -0.4 is 10.1 Å². The molecule has 1 heterocycles. The summed E-state index contributed by atoms with van der Waals surface area (Å²) in [6.45, 7) is 2.23. The van der Waals surface area contributed by atoms with Gasteiger partial charge in [-0.1, -0.05) is 36.4 Å². The average Bonchev–Trinajstić information content (AvgIpc) is 3.10. The van der Waals surface area contributed by atoms with Gasteiger partial charge in [0, 0.05) is 37.5 Å². The van der Waals surface area contributed by atoms with Gasteiger partial charge in [-0.05, 0) is 23.8 Å². The molecule has 0 aliphatic carbocycles. The first kappa shape index (κ1) is 19.5. The van der Waals surface area contributed by atoms with E-state index in [4.69, 9.17) is 4.74 Å². The zero-order chi connectivity index (χ0) is 19.9. The average molecular weight is 379 g/mol. The second-order valence-electron chi connectivity index (χ2n) is 6.74. The van der Waals surface area contributed by atoms with Gasteiger partial charge in [0.1, 0.15) is 18.4 Å². The summed E-state index contributed by atoms with van der Waals surface area (Å²) in [5.74, 6) is 0.393. The van der Waals surface area contributed by atoms with Gasteiger partial charge in [0.2, 0.25) is 11.8 Å². The predicted molar refractivity (Wildman–Crippen MR) is 109 cm³/mol. The van der Waals surface area contributed by atoms with Crippen LogP contribution in [-0.4, -0.2) is 47.9 Å². The van der Waals surface area contributed by atoms with E-state index < -0.39 is 6.04 Å². The highest BCUT2D eigenvalue weighted by atomic mass is 16.5. The van der Waals surface area contributed by atoms with Crippen LogP contribution in [0.2, 0.25) is 0 Å². The smallest absolute Gasteiger partial charge is 0.245 e. The third-order valence-corrected chi connectivity index (χ3v) is 4.59. The Balaban J connectivity index is 1.64. The number of aromatic nitrogens is 1. The number of hydrogen-bond donors (Lipinski definition) is 2. The van der Waals surface area contributed by atoms with E-state index in [9.17, 15) is 9.59 Å². The van der Waals surface area contributed by atoms with Crippen LogP contribution in [0.1, 0.15) is 12.5 Å². The van der Waals surface area contributed by atoms with Gasteiger partial charge in [-0.25, -0.2) is 0 Å². The molecule has 2 aromatic carbocycles. The van der Waals surface area contributed by atoms with E-state index in [-0.39, 0.29) is 11.8 Å². The molecule has 1 aromatic heterocycles. The zero-order valence-electron chi connectivity index (χ0n) is 16.1. The molecule has 2 amide bonds. The Morgan fingerprint density at radius 3 is 2.57 bits per heavy atom. The van der Waals surface area contributed by atoms with E-state index in [1.165, 1.54) is 6.92 Å². The SMILES string of the molecule is CC(=O)NC(Cc1c[nH]c2ccccc12)C(=O)N(C)CCOc1ccccc1. The number of likely N-dealkylation sites (N-methyl/N-ethyl adjacent to an activating group) is 1. The second kappa shape index (κ2) is 9.08. The fraction of sp³-hybridized carbons (Fsp3) is 0.273. The number of nitrogens with one attached hydrogen (secondary N) is 2. The molecule has 0 aliphatic rings. The number of amides is 2. The van der Waals surface area contributed by atoms with E-state index in [2.05, 4.69) is 10.3 Å². The molecule has 2 N–H and O–H groups in total. The first-order valence-electron chi connectivity index (χ1n) is 9.29. The van der Waals surface area contributed by atoms with E-state index in [0.29, 0.717) is 19.6 Å². The van der Waals surface area contributed by atoms with Crippen molar-refractivity contribution in [1.29, 1.82) is 0 Å². The van der Waals surface area contributed by atoms with Crippen LogP contribution in [0.15, 0.2) is 60.8 Å². The molecule has 0 radical (unpaired) electrons. The maximum atomic E-state index is 12.9. The summed E-state index contributed by atoms with van der Waals surface area (Å²) in [5.41, 5.74) is 2.01. The number of ether oxygens (including phenoxy) is 1. The molecule has 0 bridgehead atoms. The molecule has 6 heteroatoms. The molecule has 6 nitrogen and oxygen atoms in total. The summed E-state index contributed by atoms with van der Waals surface area (Å²) < 4.78 is 5.66. The highest BCUT2D eigenvalue weighted by molar-refractivity contribution is 5.89. The van der Waals surface area contributed by atoms with Gasteiger partial charge >= 0.3 is 0 Å². The third kappa shape index (κ3) is 4.91. The Morgan fingerprint density at radius 2 is 1.82 bits per heavy atom. The number of rotatable bonds is 8. The van der Waals surface area contributed by atoms with Crippen molar-refractivity contribution in [2.24, 2.45) is 0 Å².